The number of benzene rings is 2. The minimum atomic E-state index is -1.10. The maximum absolute atomic E-state index is 13.9. The van der Waals surface area contributed by atoms with Crippen molar-refractivity contribution >= 4 is 53.0 Å². The smallest absolute Gasteiger partial charge is 0.328 e. The summed E-state index contributed by atoms with van der Waals surface area (Å²) >= 11 is 7.21. The molecule has 210 valence electrons. The summed E-state index contributed by atoms with van der Waals surface area (Å²) in [5.41, 5.74) is 1.40. The molecule has 0 saturated carbocycles. The van der Waals surface area contributed by atoms with Gasteiger partial charge in [-0.15, -0.1) is 11.8 Å². The molecule has 0 saturated heterocycles. The van der Waals surface area contributed by atoms with E-state index in [1.807, 2.05) is 0 Å². The molecule has 2 amide bonds. The lowest BCUT2D eigenvalue weighted by molar-refractivity contribution is -0.131. The number of hydrogen-bond donors (Lipinski definition) is 3. The molecule has 3 N–H and O–H groups in total. The number of ketones is 1. The summed E-state index contributed by atoms with van der Waals surface area (Å²) < 4.78 is 19.2. The van der Waals surface area contributed by atoms with Gasteiger partial charge in [0, 0.05) is 28.0 Å². The Kier molecular flexibility index (Phi) is 12.5. The molecule has 0 fully saturated rings. The number of halogens is 2. The van der Waals surface area contributed by atoms with Gasteiger partial charge in [-0.1, -0.05) is 37.6 Å². The number of carbonyl (C=O) groups excluding carboxylic acids is 3. The topological polar surface area (TPSA) is 122 Å². The molecule has 8 nitrogen and oxygen atoms in total. The maximum Gasteiger partial charge on any atom is 0.328 e. The summed E-state index contributed by atoms with van der Waals surface area (Å²) in [5, 5.41) is 14.5. The fourth-order valence-corrected chi connectivity index (χ4v) is 4.93. The number of ether oxygens (including phenoxy) is 1. The Labute approximate surface area is 236 Å². The van der Waals surface area contributed by atoms with Crippen molar-refractivity contribution in [3.8, 4) is 5.75 Å². The molecule has 0 aliphatic heterocycles. The van der Waals surface area contributed by atoms with E-state index >= 15 is 0 Å². The van der Waals surface area contributed by atoms with Gasteiger partial charge in [0.25, 0.3) is 0 Å². The number of carbonyl (C=O) groups is 4. The Bertz CT molecular complexity index is 1220. The molecule has 2 rings (SSSR count). The van der Waals surface area contributed by atoms with E-state index < -0.39 is 35.7 Å². The minimum Gasteiger partial charge on any atom is -0.496 e. The van der Waals surface area contributed by atoms with Crippen molar-refractivity contribution in [2.45, 2.75) is 45.0 Å². The molecule has 0 spiro atoms. The highest BCUT2D eigenvalue weighted by Gasteiger charge is 2.27. The van der Waals surface area contributed by atoms with Crippen molar-refractivity contribution in [2.24, 2.45) is 5.92 Å². The number of hydrogen-bond acceptors (Lipinski definition) is 6. The van der Waals surface area contributed by atoms with E-state index in [0.717, 1.165) is 6.08 Å². The standard InChI is InChI=1S/C28H32ClFN2O6S/c1-16(2)27(32-25(34)13-19-12-18(9-11-26(35)36)8-10-24(19)38-4)28(37)31-17(3)23(33)15-39-14-20-21(29)6-5-7-22(20)30/h5-12,16-17,27H,13-15H2,1-4H3,(H,31,37)(H,32,34)(H,35,36)/b11-9+/t17-,27?/m0/s1. The zero-order valence-corrected chi connectivity index (χ0v) is 23.7. The third kappa shape index (κ3) is 10.0. The number of nitrogens with one attached hydrogen (secondary N) is 2. The van der Waals surface area contributed by atoms with Crippen LogP contribution in [0, 0.1) is 11.7 Å². The van der Waals surface area contributed by atoms with Gasteiger partial charge >= 0.3 is 5.97 Å². The van der Waals surface area contributed by atoms with E-state index in [1.54, 1.807) is 45.0 Å². The van der Waals surface area contributed by atoms with E-state index in [4.69, 9.17) is 21.4 Å². The van der Waals surface area contributed by atoms with Crippen molar-refractivity contribution < 1.29 is 33.4 Å². The predicted octanol–water partition coefficient (Wildman–Crippen LogP) is 4.28. The van der Waals surface area contributed by atoms with Gasteiger partial charge in [0.2, 0.25) is 11.8 Å². The van der Waals surface area contributed by atoms with Crippen LogP contribution >= 0.6 is 23.4 Å². The number of methoxy groups -OCH3 is 1. The second kappa shape index (κ2) is 15.3. The Balaban J connectivity index is 1.98. The van der Waals surface area contributed by atoms with E-state index in [-0.39, 0.29) is 34.7 Å². The highest BCUT2D eigenvalue weighted by Crippen LogP contribution is 2.24. The Morgan fingerprint density at radius 1 is 1.13 bits per heavy atom. The van der Waals surface area contributed by atoms with Crippen LogP contribution in [0.3, 0.4) is 0 Å². The van der Waals surface area contributed by atoms with Crippen molar-refractivity contribution in [1.82, 2.24) is 10.6 Å². The number of carboxylic acids is 1. The molecule has 0 heterocycles. The second-order valence-corrected chi connectivity index (χ2v) is 10.5. The minimum absolute atomic E-state index is 0.0390. The van der Waals surface area contributed by atoms with Crippen molar-refractivity contribution in [3.05, 3.63) is 70.0 Å². The third-order valence-corrected chi connectivity index (χ3v) is 7.07. The molecule has 0 radical (unpaired) electrons. The maximum atomic E-state index is 13.9. The normalized spacial score (nSPS) is 12.7. The molecule has 0 bridgehead atoms. The first-order valence-corrected chi connectivity index (χ1v) is 13.7. The van der Waals surface area contributed by atoms with Crippen molar-refractivity contribution in [1.29, 1.82) is 0 Å². The summed E-state index contributed by atoms with van der Waals surface area (Å²) in [5.74, 6) is -2.35. The highest BCUT2D eigenvalue weighted by atomic mass is 35.5. The SMILES string of the molecule is COc1ccc(/C=C/C(=O)O)cc1CC(=O)NC(C(=O)N[C@@H](C)C(=O)CSCc1c(F)cccc1Cl)C(C)C. The van der Waals surface area contributed by atoms with Crippen LogP contribution in [-0.2, 0) is 31.4 Å². The van der Waals surface area contributed by atoms with Gasteiger partial charge in [-0.25, -0.2) is 9.18 Å². The van der Waals surface area contributed by atoms with E-state index in [0.29, 0.717) is 22.4 Å². The van der Waals surface area contributed by atoms with Gasteiger partial charge in [-0.3, -0.25) is 14.4 Å². The Hall–Kier alpha value is -3.37. The summed E-state index contributed by atoms with van der Waals surface area (Å²) in [6.07, 6.45) is 2.27. The van der Waals surface area contributed by atoms with Crippen LogP contribution in [0.1, 0.15) is 37.5 Å². The second-order valence-electron chi connectivity index (χ2n) is 9.10. The number of rotatable bonds is 14. The zero-order valence-electron chi connectivity index (χ0n) is 22.1. The van der Waals surface area contributed by atoms with Crippen LogP contribution in [0.4, 0.5) is 4.39 Å². The summed E-state index contributed by atoms with van der Waals surface area (Å²) in [6, 6.07) is 7.58. The lowest BCUT2D eigenvalue weighted by atomic mass is 10.0. The first kappa shape index (κ1) is 31.8. The number of amides is 2. The zero-order chi connectivity index (χ0) is 29.1. The van der Waals surface area contributed by atoms with Gasteiger partial charge in [0.1, 0.15) is 17.6 Å². The van der Waals surface area contributed by atoms with E-state index in [2.05, 4.69) is 10.6 Å². The monoisotopic (exact) mass is 578 g/mol. The summed E-state index contributed by atoms with van der Waals surface area (Å²) in [4.78, 5) is 49.2. The van der Waals surface area contributed by atoms with Crippen LogP contribution in [0.5, 0.6) is 5.75 Å². The van der Waals surface area contributed by atoms with E-state index in [9.17, 15) is 23.6 Å². The van der Waals surface area contributed by atoms with Crippen molar-refractivity contribution in [2.75, 3.05) is 12.9 Å². The fraction of sp³-hybridized carbons (Fsp3) is 0.357. The van der Waals surface area contributed by atoms with Crippen LogP contribution in [-0.4, -0.2) is 53.6 Å². The fourth-order valence-electron chi connectivity index (χ4n) is 3.57. The molecule has 2 atom stereocenters. The molecular weight excluding hydrogens is 547 g/mol. The number of Topliss-reactive ketones (excluding diaryl/α,β-unsaturated/α-hetero) is 1. The highest BCUT2D eigenvalue weighted by molar-refractivity contribution is 7.99. The predicted molar refractivity (Wildman–Crippen MR) is 150 cm³/mol. The molecule has 2 aromatic carbocycles. The molecule has 0 aromatic heterocycles. The number of thioether (sulfide) groups is 1. The van der Waals surface area contributed by atoms with Gasteiger partial charge in [0.05, 0.1) is 25.3 Å². The molecule has 2 aromatic rings. The first-order chi connectivity index (χ1) is 18.4. The van der Waals surface area contributed by atoms with Crippen LogP contribution in [0.2, 0.25) is 5.02 Å². The average Bonchev–Trinajstić information content (AvgIpc) is 2.87. The molecule has 1 unspecified atom stereocenters. The molecule has 39 heavy (non-hydrogen) atoms. The van der Waals surface area contributed by atoms with Gasteiger partial charge in [0.15, 0.2) is 5.78 Å². The van der Waals surface area contributed by atoms with Crippen LogP contribution in [0.25, 0.3) is 6.08 Å². The van der Waals surface area contributed by atoms with Gasteiger partial charge in [-0.2, -0.15) is 0 Å². The quantitative estimate of drug-likeness (QED) is 0.286. The molecule has 0 aliphatic carbocycles. The van der Waals surface area contributed by atoms with Crippen molar-refractivity contribution in [3.63, 3.8) is 0 Å². The number of carboxylic acid groups (broad SMARTS) is 1. The van der Waals surface area contributed by atoms with E-state index in [1.165, 1.54) is 37.1 Å². The third-order valence-electron chi connectivity index (χ3n) is 5.73. The largest absolute Gasteiger partial charge is 0.496 e. The lowest BCUT2D eigenvalue weighted by Gasteiger charge is -2.24. The average molecular weight is 579 g/mol. The van der Waals surface area contributed by atoms with Gasteiger partial charge in [-0.05, 0) is 48.7 Å². The first-order valence-electron chi connectivity index (χ1n) is 12.1. The molecule has 0 aliphatic rings. The van der Waals surface area contributed by atoms with Gasteiger partial charge < -0.3 is 20.5 Å². The number of aliphatic carboxylic acids is 1. The molecule has 11 heteroatoms. The molecular formula is C28H32ClFN2O6S. The van der Waals surface area contributed by atoms with Crippen LogP contribution in [0.15, 0.2) is 42.5 Å². The Morgan fingerprint density at radius 3 is 2.46 bits per heavy atom. The van der Waals surface area contributed by atoms with Crippen LogP contribution < -0.4 is 15.4 Å². The summed E-state index contributed by atoms with van der Waals surface area (Å²) in [6.45, 7) is 5.09. The Morgan fingerprint density at radius 2 is 1.85 bits per heavy atom. The summed E-state index contributed by atoms with van der Waals surface area (Å²) in [7, 11) is 1.45. The lowest BCUT2D eigenvalue weighted by Crippen LogP contribution is -2.53.